The van der Waals surface area contributed by atoms with Gasteiger partial charge in [0.1, 0.15) is 0 Å². The van der Waals surface area contributed by atoms with E-state index in [1.807, 2.05) is 18.2 Å². The number of ketones is 1. The zero-order valence-corrected chi connectivity index (χ0v) is 14.1. The van der Waals surface area contributed by atoms with E-state index in [1.54, 1.807) is 12.1 Å². The molecular formula is C19H28N2O2. The molecule has 0 radical (unpaired) electrons. The molecule has 0 saturated heterocycles. The second-order valence-corrected chi connectivity index (χ2v) is 6.41. The third kappa shape index (κ3) is 6.14. The van der Waals surface area contributed by atoms with Crippen LogP contribution in [0.4, 0.5) is 0 Å². The van der Waals surface area contributed by atoms with E-state index < -0.39 is 0 Å². The molecule has 0 atom stereocenters. The second-order valence-electron chi connectivity index (χ2n) is 6.41. The SMILES string of the molecule is CN(CCNC(=O)CCC(=O)c1ccccc1)C1CCCCC1. The van der Waals surface area contributed by atoms with Crippen LogP contribution in [0.2, 0.25) is 0 Å². The van der Waals surface area contributed by atoms with Gasteiger partial charge in [-0.25, -0.2) is 0 Å². The third-order valence-electron chi connectivity index (χ3n) is 4.66. The summed E-state index contributed by atoms with van der Waals surface area (Å²) in [7, 11) is 2.14. The molecule has 1 aromatic rings. The van der Waals surface area contributed by atoms with Gasteiger partial charge in [-0.15, -0.1) is 0 Å². The molecule has 1 aliphatic rings. The van der Waals surface area contributed by atoms with Gasteiger partial charge in [-0.1, -0.05) is 49.6 Å². The highest BCUT2D eigenvalue weighted by molar-refractivity contribution is 5.97. The molecule has 0 spiro atoms. The molecule has 0 heterocycles. The molecule has 0 bridgehead atoms. The molecule has 0 unspecified atom stereocenters. The molecule has 0 aromatic heterocycles. The van der Waals surface area contributed by atoms with Crippen molar-refractivity contribution in [1.29, 1.82) is 0 Å². The fourth-order valence-electron chi connectivity index (χ4n) is 3.16. The van der Waals surface area contributed by atoms with E-state index >= 15 is 0 Å². The van der Waals surface area contributed by atoms with Crippen molar-refractivity contribution < 1.29 is 9.59 Å². The Morgan fingerprint density at radius 2 is 1.78 bits per heavy atom. The lowest BCUT2D eigenvalue weighted by Gasteiger charge is -2.31. The average molecular weight is 316 g/mol. The number of hydrogen-bond donors (Lipinski definition) is 1. The van der Waals surface area contributed by atoms with Crippen molar-refractivity contribution in [3.05, 3.63) is 35.9 Å². The molecule has 0 aliphatic heterocycles. The Hall–Kier alpha value is -1.68. The molecule has 1 N–H and O–H groups in total. The van der Waals surface area contributed by atoms with Gasteiger partial charge < -0.3 is 10.2 Å². The van der Waals surface area contributed by atoms with Crippen LogP contribution in [-0.2, 0) is 4.79 Å². The number of nitrogens with zero attached hydrogens (tertiary/aromatic N) is 1. The van der Waals surface area contributed by atoms with Gasteiger partial charge in [0.25, 0.3) is 0 Å². The molecule has 4 heteroatoms. The van der Waals surface area contributed by atoms with Crippen LogP contribution in [-0.4, -0.2) is 42.8 Å². The van der Waals surface area contributed by atoms with Crippen molar-refractivity contribution in [3.8, 4) is 0 Å². The number of nitrogens with one attached hydrogen (secondary N) is 1. The van der Waals surface area contributed by atoms with Crippen LogP contribution >= 0.6 is 0 Å². The van der Waals surface area contributed by atoms with E-state index in [0.29, 0.717) is 18.2 Å². The Balaban J connectivity index is 1.60. The van der Waals surface area contributed by atoms with Crippen molar-refractivity contribution >= 4 is 11.7 Å². The van der Waals surface area contributed by atoms with Crippen LogP contribution in [0.5, 0.6) is 0 Å². The van der Waals surface area contributed by atoms with Crippen molar-refractivity contribution in [2.45, 2.75) is 51.0 Å². The minimum atomic E-state index is -0.0358. The normalized spacial score (nSPS) is 15.6. The largest absolute Gasteiger partial charge is 0.355 e. The molecule has 1 fully saturated rings. The first-order chi connectivity index (χ1) is 11.2. The molecule has 2 rings (SSSR count). The number of Topliss-reactive ketones (excluding diaryl/α,β-unsaturated/α-hetero) is 1. The zero-order chi connectivity index (χ0) is 16.5. The molecule has 126 valence electrons. The first-order valence-corrected chi connectivity index (χ1v) is 8.72. The highest BCUT2D eigenvalue weighted by Gasteiger charge is 2.17. The Morgan fingerprint density at radius 3 is 2.48 bits per heavy atom. The van der Waals surface area contributed by atoms with E-state index in [0.717, 1.165) is 6.54 Å². The van der Waals surface area contributed by atoms with Gasteiger partial charge in [0.15, 0.2) is 5.78 Å². The Bertz CT molecular complexity index is 495. The molecule has 1 amide bonds. The molecule has 1 saturated carbocycles. The van der Waals surface area contributed by atoms with Crippen molar-refractivity contribution in [2.24, 2.45) is 0 Å². The molecule has 4 nitrogen and oxygen atoms in total. The quantitative estimate of drug-likeness (QED) is 0.750. The van der Waals surface area contributed by atoms with Gasteiger partial charge in [-0.3, -0.25) is 9.59 Å². The lowest BCUT2D eigenvalue weighted by molar-refractivity contribution is -0.121. The van der Waals surface area contributed by atoms with E-state index in [1.165, 1.54) is 32.1 Å². The second kappa shape index (κ2) is 9.46. The van der Waals surface area contributed by atoms with Crippen molar-refractivity contribution in [1.82, 2.24) is 10.2 Å². The van der Waals surface area contributed by atoms with Crippen LogP contribution < -0.4 is 5.32 Å². The third-order valence-corrected chi connectivity index (χ3v) is 4.66. The van der Waals surface area contributed by atoms with Crippen LogP contribution in [0.15, 0.2) is 30.3 Å². The Morgan fingerprint density at radius 1 is 1.09 bits per heavy atom. The summed E-state index contributed by atoms with van der Waals surface area (Å²) in [6, 6.07) is 9.81. The van der Waals surface area contributed by atoms with Gasteiger partial charge in [0.05, 0.1) is 0 Å². The maximum Gasteiger partial charge on any atom is 0.220 e. The van der Waals surface area contributed by atoms with Crippen LogP contribution in [0, 0.1) is 0 Å². The van der Waals surface area contributed by atoms with Crippen LogP contribution in [0.3, 0.4) is 0 Å². The smallest absolute Gasteiger partial charge is 0.220 e. The maximum atomic E-state index is 11.9. The van der Waals surface area contributed by atoms with Gasteiger partial charge in [0, 0.05) is 37.5 Å². The minimum absolute atomic E-state index is 0.0278. The fourth-order valence-corrected chi connectivity index (χ4v) is 3.16. The van der Waals surface area contributed by atoms with E-state index in [4.69, 9.17) is 0 Å². The lowest BCUT2D eigenvalue weighted by atomic mass is 9.94. The maximum absolute atomic E-state index is 11.9. The predicted molar refractivity (Wildman–Crippen MR) is 92.5 cm³/mol. The van der Waals surface area contributed by atoms with Gasteiger partial charge in [0.2, 0.25) is 5.91 Å². The van der Waals surface area contributed by atoms with Gasteiger partial charge in [-0.2, -0.15) is 0 Å². The lowest BCUT2D eigenvalue weighted by Crippen LogP contribution is -2.39. The molecule has 1 aliphatic carbocycles. The van der Waals surface area contributed by atoms with Crippen molar-refractivity contribution in [3.63, 3.8) is 0 Å². The summed E-state index contributed by atoms with van der Waals surface area (Å²) < 4.78 is 0. The number of carbonyl (C=O) groups excluding carboxylic acids is 2. The fraction of sp³-hybridized carbons (Fsp3) is 0.579. The summed E-state index contributed by atoms with van der Waals surface area (Å²) in [5, 5.41) is 2.93. The predicted octanol–water partition coefficient (Wildman–Crippen LogP) is 3.03. The van der Waals surface area contributed by atoms with E-state index in [2.05, 4.69) is 17.3 Å². The van der Waals surface area contributed by atoms with Gasteiger partial charge >= 0.3 is 0 Å². The first kappa shape index (κ1) is 17.7. The molecule has 23 heavy (non-hydrogen) atoms. The number of rotatable bonds is 8. The standard InChI is InChI=1S/C19H28N2O2/c1-21(17-10-6-3-7-11-17)15-14-20-19(23)13-12-18(22)16-8-4-2-5-9-16/h2,4-5,8-9,17H,3,6-7,10-15H2,1H3,(H,20,23). The summed E-state index contributed by atoms with van der Waals surface area (Å²) >= 11 is 0. The summed E-state index contributed by atoms with van der Waals surface area (Å²) in [6.07, 6.45) is 7.09. The minimum Gasteiger partial charge on any atom is -0.355 e. The number of amides is 1. The van der Waals surface area contributed by atoms with E-state index in [9.17, 15) is 9.59 Å². The van der Waals surface area contributed by atoms with Crippen LogP contribution in [0.1, 0.15) is 55.3 Å². The Labute approximate surface area is 139 Å². The Kier molecular flexibility index (Phi) is 7.27. The topological polar surface area (TPSA) is 49.4 Å². The van der Waals surface area contributed by atoms with Gasteiger partial charge in [-0.05, 0) is 19.9 Å². The summed E-state index contributed by atoms with van der Waals surface area (Å²) in [5.41, 5.74) is 0.678. The van der Waals surface area contributed by atoms with Crippen LogP contribution in [0.25, 0.3) is 0 Å². The number of carbonyl (C=O) groups is 2. The molecular weight excluding hydrogens is 288 g/mol. The first-order valence-electron chi connectivity index (χ1n) is 8.72. The molecule has 1 aromatic carbocycles. The summed E-state index contributed by atoms with van der Waals surface area (Å²) in [4.78, 5) is 26.2. The number of benzene rings is 1. The number of hydrogen-bond acceptors (Lipinski definition) is 3. The van der Waals surface area contributed by atoms with Crippen molar-refractivity contribution in [2.75, 3.05) is 20.1 Å². The monoisotopic (exact) mass is 316 g/mol. The highest BCUT2D eigenvalue weighted by Crippen LogP contribution is 2.21. The number of likely N-dealkylation sites (N-methyl/N-ethyl adjacent to an activating group) is 1. The zero-order valence-electron chi connectivity index (χ0n) is 14.1. The summed E-state index contributed by atoms with van der Waals surface area (Å²) in [6.45, 7) is 1.54. The average Bonchev–Trinajstić information content (AvgIpc) is 2.61. The van der Waals surface area contributed by atoms with E-state index in [-0.39, 0.29) is 24.5 Å². The summed E-state index contributed by atoms with van der Waals surface area (Å²) in [5.74, 6) is -0.00796. The highest BCUT2D eigenvalue weighted by atomic mass is 16.2.